The molecule has 70 valence electrons. The highest BCUT2D eigenvalue weighted by molar-refractivity contribution is 5.77. The van der Waals surface area contributed by atoms with Crippen LogP contribution in [0.5, 0.6) is 0 Å². The lowest BCUT2D eigenvalue weighted by atomic mass is 9.94. The third-order valence-electron chi connectivity index (χ3n) is 2.69. The Balaban J connectivity index is 2.37. The van der Waals surface area contributed by atoms with Gasteiger partial charge in [0, 0.05) is 19.5 Å². The first-order valence-electron chi connectivity index (χ1n) is 5.05. The minimum atomic E-state index is 0.370. The predicted molar refractivity (Wildman–Crippen MR) is 49.9 cm³/mol. The molecule has 1 amide bonds. The molecular weight excluding hydrogens is 150 g/mol. The largest absolute Gasteiger partial charge is 0.343 e. The molecule has 1 aliphatic heterocycles. The summed E-state index contributed by atoms with van der Waals surface area (Å²) in [6.07, 6.45) is 4.24. The van der Waals surface area contributed by atoms with Gasteiger partial charge in [-0.25, -0.2) is 0 Å². The zero-order valence-electron chi connectivity index (χ0n) is 8.18. The van der Waals surface area contributed by atoms with Gasteiger partial charge in [0.15, 0.2) is 0 Å². The molecule has 0 N–H and O–H groups in total. The van der Waals surface area contributed by atoms with E-state index in [1.54, 1.807) is 0 Å². The highest BCUT2D eigenvalue weighted by Gasteiger charge is 2.23. The molecule has 2 nitrogen and oxygen atoms in total. The van der Waals surface area contributed by atoms with Gasteiger partial charge in [0.05, 0.1) is 0 Å². The van der Waals surface area contributed by atoms with Crippen molar-refractivity contribution in [2.24, 2.45) is 5.92 Å². The van der Waals surface area contributed by atoms with Crippen molar-refractivity contribution in [3.05, 3.63) is 0 Å². The van der Waals surface area contributed by atoms with Gasteiger partial charge >= 0.3 is 0 Å². The lowest BCUT2D eigenvalue weighted by molar-refractivity contribution is -0.135. The van der Waals surface area contributed by atoms with Gasteiger partial charge in [-0.1, -0.05) is 20.3 Å². The van der Waals surface area contributed by atoms with E-state index in [-0.39, 0.29) is 0 Å². The number of likely N-dealkylation sites (tertiary alicyclic amines) is 1. The van der Waals surface area contributed by atoms with E-state index in [1.165, 1.54) is 6.42 Å². The number of amides is 1. The molecule has 0 aromatic carbocycles. The van der Waals surface area contributed by atoms with Crippen LogP contribution in [0.1, 0.15) is 39.5 Å². The van der Waals surface area contributed by atoms with E-state index in [4.69, 9.17) is 0 Å². The molecule has 0 aromatic rings. The van der Waals surface area contributed by atoms with E-state index in [2.05, 4.69) is 13.8 Å². The van der Waals surface area contributed by atoms with Gasteiger partial charge in [0.2, 0.25) is 5.91 Å². The molecule has 0 aliphatic carbocycles. The van der Waals surface area contributed by atoms with Crippen molar-refractivity contribution >= 4 is 5.91 Å². The number of piperidine rings is 1. The molecule has 1 atom stereocenters. The van der Waals surface area contributed by atoms with Gasteiger partial charge in [-0.05, 0) is 18.8 Å². The van der Waals surface area contributed by atoms with Crippen LogP contribution < -0.4 is 0 Å². The molecule has 0 spiro atoms. The van der Waals surface area contributed by atoms with Gasteiger partial charge in [0.1, 0.15) is 0 Å². The fourth-order valence-electron chi connectivity index (χ4n) is 1.80. The van der Waals surface area contributed by atoms with E-state index in [9.17, 15) is 4.79 Å². The van der Waals surface area contributed by atoms with Crippen LogP contribution in [-0.2, 0) is 4.79 Å². The summed E-state index contributed by atoms with van der Waals surface area (Å²) in [4.78, 5) is 13.5. The van der Waals surface area contributed by atoms with Crippen molar-refractivity contribution in [3.8, 4) is 0 Å². The predicted octanol–water partition coefficient (Wildman–Crippen LogP) is 2.04. The van der Waals surface area contributed by atoms with Crippen LogP contribution >= 0.6 is 0 Å². The molecule has 12 heavy (non-hydrogen) atoms. The monoisotopic (exact) mass is 169 g/mol. The first-order chi connectivity index (χ1) is 5.77. The highest BCUT2D eigenvalue weighted by atomic mass is 16.2. The SMILES string of the molecule is CCCN1CCC(CC)CC1=O. The summed E-state index contributed by atoms with van der Waals surface area (Å²) in [6, 6.07) is 0. The summed E-state index contributed by atoms with van der Waals surface area (Å²) in [6.45, 7) is 6.24. The maximum Gasteiger partial charge on any atom is 0.222 e. The van der Waals surface area contributed by atoms with Crippen molar-refractivity contribution in [2.45, 2.75) is 39.5 Å². The van der Waals surface area contributed by atoms with Gasteiger partial charge in [-0.2, -0.15) is 0 Å². The van der Waals surface area contributed by atoms with Gasteiger partial charge in [-0.3, -0.25) is 4.79 Å². The topological polar surface area (TPSA) is 20.3 Å². The minimum absolute atomic E-state index is 0.370. The van der Waals surface area contributed by atoms with Crippen LogP contribution in [-0.4, -0.2) is 23.9 Å². The first-order valence-corrected chi connectivity index (χ1v) is 5.05. The molecule has 0 aromatic heterocycles. The molecule has 0 radical (unpaired) electrons. The molecular formula is C10H19NO. The number of nitrogens with zero attached hydrogens (tertiary/aromatic N) is 1. The third kappa shape index (κ3) is 2.23. The van der Waals surface area contributed by atoms with Gasteiger partial charge in [0.25, 0.3) is 0 Å². The number of carbonyl (C=O) groups is 1. The lowest BCUT2D eigenvalue weighted by Gasteiger charge is -2.30. The number of rotatable bonds is 3. The van der Waals surface area contributed by atoms with Crippen LogP contribution in [0.25, 0.3) is 0 Å². The molecule has 1 fully saturated rings. The van der Waals surface area contributed by atoms with Crippen LogP contribution in [0.4, 0.5) is 0 Å². The number of hydrogen-bond donors (Lipinski definition) is 0. The fourth-order valence-corrected chi connectivity index (χ4v) is 1.80. The first kappa shape index (κ1) is 9.56. The standard InChI is InChI=1S/C10H19NO/c1-3-6-11-7-5-9(4-2)8-10(11)12/h9H,3-8H2,1-2H3. The number of hydrogen-bond acceptors (Lipinski definition) is 1. The average Bonchev–Trinajstić information content (AvgIpc) is 2.09. The Morgan fingerprint density at radius 2 is 2.25 bits per heavy atom. The average molecular weight is 169 g/mol. The summed E-state index contributed by atoms with van der Waals surface area (Å²) >= 11 is 0. The molecule has 1 unspecified atom stereocenters. The van der Waals surface area contributed by atoms with Crippen molar-refractivity contribution in [2.75, 3.05) is 13.1 Å². The minimum Gasteiger partial charge on any atom is -0.343 e. The third-order valence-corrected chi connectivity index (χ3v) is 2.69. The maximum atomic E-state index is 11.5. The van der Waals surface area contributed by atoms with E-state index in [0.29, 0.717) is 11.8 Å². The summed E-state index contributed by atoms with van der Waals surface area (Å²) in [5.74, 6) is 1.03. The van der Waals surface area contributed by atoms with Crippen LogP contribution in [0, 0.1) is 5.92 Å². The van der Waals surface area contributed by atoms with Crippen LogP contribution in [0.15, 0.2) is 0 Å². The van der Waals surface area contributed by atoms with E-state index in [1.807, 2.05) is 4.90 Å². The Morgan fingerprint density at radius 3 is 2.75 bits per heavy atom. The Morgan fingerprint density at radius 1 is 1.50 bits per heavy atom. The zero-order valence-corrected chi connectivity index (χ0v) is 8.18. The second-order valence-corrected chi connectivity index (χ2v) is 3.65. The van der Waals surface area contributed by atoms with E-state index in [0.717, 1.165) is 32.4 Å². The molecule has 0 saturated carbocycles. The van der Waals surface area contributed by atoms with Crippen molar-refractivity contribution in [3.63, 3.8) is 0 Å². The normalized spacial score (nSPS) is 24.7. The summed E-state index contributed by atoms with van der Waals surface area (Å²) < 4.78 is 0. The number of carbonyl (C=O) groups excluding carboxylic acids is 1. The van der Waals surface area contributed by atoms with Crippen molar-refractivity contribution in [1.29, 1.82) is 0 Å². The van der Waals surface area contributed by atoms with Crippen molar-refractivity contribution < 1.29 is 4.79 Å². The quantitative estimate of drug-likeness (QED) is 0.633. The smallest absolute Gasteiger partial charge is 0.222 e. The molecule has 1 saturated heterocycles. The fraction of sp³-hybridized carbons (Fsp3) is 0.900. The Bertz CT molecular complexity index is 156. The maximum absolute atomic E-state index is 11.5. The second kappa shape index (κ2) is 4.48. The van der Waals surface area contributed by atoms with Gasteiger partial charge < -0.3 is 4.90 Å². The Kier molecular flexibility index (Phi) is 3.57. The summed E-state index contributed by atoms with van der Waals surface area (Å²) in [7, 11) is 0. The Labute approximate surface area is 74.9 Å². The zero-order chi connectivity index (χ0) is 8.97. The summed E-state index contributed by atoms with van der Waals surface area (Å²) in [5.41, 5.74) is 0. The van der Waals surface area contributed by atoms with E-state index < -0.39 is 0 Å². The molecule has 1 aliphatic rings. The molecule has 1 heterocycles. The van der Waals surface area contributed by atoms with Gasteiger partial charge in [-0.15, -0.1) is 0 Å². The molecule has 1 rings (SSSR count). The second-order valence-electron chi connectivity index (χ2n) is 3.65. The lowest BCUT2D eigenvalue weighted by Crippen LogP contribution is -2.38. The Hall–Kier alpha value is -0.530. The van der Waals surface area contributed by atoms with E-state index >= 15 is 0 Å². The van der Waals surface area contributed by atoms with Crippen LogP contribution in [0.2, 0.25) is 0 Å². The molecule has 0 bridgehead atoms. The van der Waals surface area contributed by atoms with Crippen molar-refractivity contribution in [1.82, 2.24) is 4.90 Å². The highest BCUT2D eigenvalue weighted by Crippen LogP contribution is 2.20. The summed E-state index contributed by atoms with van der Waals surface area (Å²) in [5, 5.41) is 0. The van der Waals surface area contributed by atoms with Crippen LogP contribution in [0.3, 0.4) is 0 Å². The molecule has 2 heteroatoms.